The fraction of sp³-hybridized carbons (Fsp3) is 0.467. The van der Waals surface area contributed by atoms with Crippen molar-refractivity contribution in [1.29, 1.82) is 0 Å². The molecule has 2 aromatic rings. The summed E-state index contributed by atoms with van der Waals surface area (Å²) in [6, 6.07) is 3.80. The Labute approximate surface area is 129 Å². The Balaban J connectivity index is 2.16. The summed E-state index contributed by atoms with van der Waals surface area (Å²) in [7, 11) is 1.63. The standard InChI is InChI=1S/C15H19ClN4O/c1-9-6-13(14(21-2)7-11(9)16)20-15(10-4-3-5-10)12(8-17)18-19-20/h6-7,10H,3-5,8,17H2,1-2H3. The highest BCUT2D eigenvalue weighted by atomic mass is 35.5. The second-order valence-corrected chi connectivity index (χ2v) is 5.85. The Bertz CT molecular complexity index is 664. The molecule has 0 spiro atoms. The minimum atomic E-state index is 0.403. The summed E-state index contributed by atoms with van der Waals surface area (Å²) in [4.78, 5) is 0. The lowest BCUT2D eigenvalue weighted by molar-refractivity contribution is 0.392. The number of rotatable bonds is 4. The first-order chi connectivity index (χ1) is 10.2. The molecule has 6 heteroatoms. The Hall–Kier alpha value is -1.59. The second-order valence-electron chi connectivity index (χ2n) is 5.44. The predicted octanol–water partition coefficient (Wildman–Crippen LogP) is 2.96. The molecule has 3 rings (SSSR count). The molecule has 0 amide bonds. The topological polar surface area (TPSA) is 66.0 Å². The van der Waals surface area contributed by atoms with Crippen LogP contribution in [0.25, 0.3) is 5.69 Å². The van der Waals surface area contributed by atoms with Gasteiger partial charge in [-0.25, -0.2) is 4.68 Å². The third-order valence-corrected chi connectivity index (χ3v) is 4.56. The van der Waals surface area contributed by atoms with E-state index in [0.717, 1.165) is 35.5 Å². The van der Waals surface area contributed by atoms with E-state index in [2.05, 4.69) is 10.3 Å². The summed E-state index contributed by atoms with van der Waals surface area (Å²) in [5, 5.41) is 9.22. The molecule has 1 saturated carbocycles. The molecular weight excluding hydrogens is 288 g/mol. The van der Waals surface area contributed by atoms with Crippen LogP contribution in [-0.4, -0.2) is 22.1 Å². The zero-order valence-corrected chi connectivity index (χ0v) is 13.0. The molecule has 0 radical (unpaired) electrons. The molecule has 2 N–H and O–H groups in total. The van der Waals surface area contributed by atoms with E-state index in [0.29, 0.717) is 23.2 Å². The summed E-state index contributed by atoms with van der Waals surface area (Å²) < 4.78 is 7.33. The summed E-state index contributed by atoms with van der Waals surface area (Å²) in [5.41, 5.74) is 9.65. The van der Waals surface area contributed by atoms with Gasteiger partial charge in [0, 0.05) is 23.6 Å². The number of halogens is 1. The number of methoxy groups -OCH3 is 1. The van der Waals surface area contributed by atoms with Gasteiger partial charge in [-0.2, -0.15) is 0 Å². The van der Waals surface area contributed by atoms with Gasteiger partial charge in [0.05, 0.1) is 12.8 Å². The van der Waals surface area contributed by atoms with Crippen LogP contribution in [0, 0.1) is 6.92 Å². The zero-order chi connectivity index (χ0) is 15.0. The van der Waals surface area contributed by atoms with Crippen LogP contribution < -0.4 is 10.5 Å². The molecule has 112 valence electrons. The maximum absolute atomic E-state index is 6.18. The van der Waals surface area contributed by atoms with Crippen molar-refractivity contribution in [2.45, 2.75) is 38.6 Å². The van der Waals surface area contributed by atoms with E-state index in [4.69, 9.17) is 22.1 Å². The van der Waals surface area contributed by atoms with Gasteiger partial charge in [-0.3, -0.25) is 0 Å². The van der Waals surface area contributed by atoms with E-state index in [1.165, 1.54) is 6.42 Å². The SMILES string of the molecule is COc1cc(Cl)c(C)cc1-n1nnc(CN)c1C1CCC1. The van der Waals surface area contributed by atoms with Gasteiger partial charge in [-0.1, -0.05) is 23.2 Å². The number of nitrogens with zero attached hydrogens (tertiary/aromatic N) is 3. The molecule has 0 saturated heterocycles. The highest BCUT2D eigenvalue weighted by Gasteiger charge is 2.28. The van der Waals surface area contributed by atoms with E-state index in [1.54, 1.807) is 7.11 Å². The molecule has 1 aliphatic carbocycles. The van der Waals surface area contributed by atoms with E-state index < -0.39 is 0 Å². The molecular formula is C15H19ClN4O. The molecule has 1 aromatic carbocycles. The molecule has 21 heavy (non-hydrogen) atoms. The average molecular weight is 307 g/mol. The van der Waals surface area contributed by atoms with Crippen molar-refractivity contribution in [3.05, 3.63) is 34.1 Å². The van der Waals surface area contributed by atoms with Gasteiger partial charge in [-0.05, 0) is 31.4 Å². The lowest BCUT2D eigenvalue weighted by atomic mass is 9.82. The van der Waals surface area contributed by atoms with Crippen molar-refractivity contribution in [2.24, 2.45) is 5.73 Å². The summed E-state index contributed by atoms with van der Waals surface area (Å²) in [6.07, 6.45) is 3.57. The molecule has 1 aliphatic rings. The summed E-state index contributed by atoms with van der Waals surface area (Å²) in [5.74, 6) is 1.18. The van der Waals surface area contributed by atoms with E-state index in [1.807, 2.05) is 23.7 Å². The third-order valence-electron chi connectivity index (χ3n) is 4.15. The van der Waals surface area contributed by atoms with Crippen LogP contribution in [0.4, 0.5) is 0 Å². The zero-order valence-electron chi connectivity index (χ0n) is 12.3. The Morgan fingerprint density at radius 3 is 2.76 bits per heavy atom. The largest absolute Gasteiger partial charge is 0.494 e. The van der Waals surface area contributed by atoms with Crippen LogP contribution in [0.5, 0.6) is 5.75 Å². The first-order valence-electron chi connectivity index (χ1n) is 7.14. The number of aromatic nitrogens is 3. The highest BCUT2D eigenvalue weighted by Crippen LogP contribution is 2.40. The number of hydrogen-bond donors (Lipinski definition) is 1. The quantitative estimate of drug-likeness (QED) is 0.943. The Morgan fingerprint density at radius 2 is 2.19 bits per heavy atom. The molecule has 0 bridgehead atoms. The van der Waals surface area contributed by atoms with E-state index in [-0.39, 0.29) is 0 Å². The van der Waals surface area contributed by atoms with E-state index >= 15 is 0 Å². The molecule has 0 atom stereocenters. The molecule has 1 fully saturated rings. The number of benzene rings is 1. The van der Waals surface area contributed by atoms with Gasteiger partial charge < -0.3 is 10.5 Å². The van der Waals surface area contributed by atoms with Gasteiger partial charge in [0.2, 0.25) is 0 Å². The van der Waals surface area contributed by atoms with Crippen molar-refractivity contribution in [2.75, 3.05) is 7.11 Å². The van der Waals surface area contributed by atoms with Crippen molar-refractivity contribution in [3.63, 3.8) is 0 Å². The van der Waals surface area contributed by atoms with Crippen LogP contribution in [-0.2, 0) is 6.54 Å². The summed E-state index contributed by atoms with van der Waals surface area (Å²) >= 11 is 6.18. The molecule has 0 unspecified atom stereocenters. The number of hydrogen-bond acceptors (Lipinski definition) is 4. The lowest BCUT2D eigenvalue weighted by Crippen LogP contribution is -2.17. The van der Waals surface area contributed by atoms with Gasteiger partial charge in [0.1, 0.15) is 17.1 Å². The summed E-state index contributed by atoms with van der Waals surface area (Å²) in [6.45, 7) is 2.37. The van der Waals surface area contributed by atoms with E-state index in [9.17, 15) is 0 Å². The predicted molar refractivity (Wildman–Crippen MR) is 82.1 cm³/mol. The monoisotopic (exact) mass is 306 g/mol. The van der Waals surface area contributed by atoms with Crippen molar-refractivity contribution < 1.29 is 4.74 Å². The van der Waals surface area contributed by atoms with Crippen molar-refractivity contribution in [3.8, 4) is 11.4 Å². The van der Waals surface area contributed by atoms with Crippen LogP contribution in [0.1, 0.15) is 42.1 Å². The van der Waals surface area contributed by atoms with Crippen LogP contribution >= 0.6 is 11.6 Å². The Morgan fingerprint density at radius 1 is 1.43 bits per heavy atom. The minimum Gasteiger partial charge on any atom is -0.494 e. The third kappa shape index (κ3) is 2.40. The number of aryl methyl sites for hydroxylation is 1. The van der Waals surface area contributed by atoms with Gasteiger partial charge >= 0.3 is 0 Å². The molecule has 0 aliphatic heterocycles. The van der Waals surface area contributed by atoms with Crippen molar-refractivity contribution >= 4 is 11.6 Å². The van der Waals surface area contributed by atoms with Gasteiger partial charge in [0.15, 0.2) is 0 Å². The fourth-order valence-electron chi connectivity index (χ4n) is 2.71. The maximum atomic E-state index is 6.18. The van der Waals surface area contributed by atoms with Crippen LogP contribution in [0.3, 0.4) is 0 Å². The highest BCUT2D eigenvalue weighted by molar-refractivity contribution is 6.31. The van der Waals surface area contributed by atoms with Crippen molar-refractivity contribution in [1.82, 2.24) is 15.0 Å². The lowest BCUT2D eigenvalue weighted by Gasteiger charge is -2.27. The maximum Gasteiger partial charge on any atom is 0.146 e. The number of nitrogens with two attached hydrogens (primary N) is 1. The smallest absolute Gasteiger partial charge is 0.146 e. The Kier molecular flexibility index (Phi) is 3.87. The first kappa shape index (κ1) is 14.4. The molecule has 5 nitrogen and oxygen atoms in total. The first-order valence-corrected chi connectivity index (χ1v) is 7.52. The van der Waals surface area contributed by atoms with Gasteiger partial charge in [0.25, 0.3) is 0 Å². The van der Waals surface area contributed by atoms with Crippen LogP contribution in [0.15, 0.2) is 12.1 Å². The number of ether oxygens (including phenoxy) is 1. The second kappa shape index (κ2) is 5.66. The minimum absolute atomic E-state index is 0.403. The molecule has 1 heterocycles. The van der Waals surface area contributed by atoms with Crippen LogP contribution in [0.2, 0.25) is 5.02 Å². The molecule has 1 aromatic heterocycles. The average Bonchev–Trinajstić information content (AvgIpc) is 2.83. The van der Waals surface area contributed by atoms with Gasteiger partial charge in [-0.15, -0.1) is 5.10 Å². The normalized spacial score (nSPS) is 15.0. The fourth-order valence-corrected chi connectivity index (χ4v) is 2.86.